The maximum atomic E-state index is 12.6. The molecule has 2 atom stereocenters. The molecular formula is C13H16F3N3O. The van der Waals surface area contributed by atoms with Gasteiger partial charge in [-0.15, -0.1) is 0 Å². The molecule has 110 valence electrons. The number of fused-ring (bicyclic) bond motifs is 1. The molecule has 7 heteroatoms. The molecule has 1 N–H and O–H groups in total. The Bertz CT molecular complexity index is 466. The summed E-state index contributed by atoms with van der Waals surface area (Å²) in [4.78, 5) is 5.86. The number of hydrogen-bond donors (Lipinski definition) is 1. The van der Waals surface area contributed by atoms with Crippen molar-refractivity contribution >= 4 is 0 Å². The highest BCUT2D eigenvalue weighted by Crippen LogP contribution is 2.29. The third kappa shape index (κ3) is 2.88. The lowest BCUT2D eigenvalue weighted by Crippen LogP contribution is -2.47. The monoisotopic (exact) mass is 287 g/mol. The Morgan fingerprint density at radius 2 is 2.20 bits per heavy atom. The molecule has 2 saturated heterocycles. The van der Waals surface area contributed by atoms with E-state index in [0.29, 0.717) is 6.04 Å². The molecule has 0 aliphatic carbocycles. The maximum absolute atomic E-state index is 12.6. The number of alkyl halides is 3. The van der Waals surface area contributed by atoms with Crippen molar-refractivity contribution in [2.45, 2.75) is 24.7 Å². The summed E-state index contributed by atoms with van der Waals surface area (Å²) < 4.78 is 43.4. The van der Waals surface area contributed by atoms with Crippen LogP contribution in [0.25, 0.3) is 0 Å². The number of rotatable bonds is 2. The van der Waals surface area contributed by atoms with Gasteiger partial charge in [0.1, 0.15) is 11.8 Å². The van der Waals surface area contributed by atoms with Crippen LogP contribution in [0.15, 0.2) is 18.2 Å². The molecule has 20 heavy (non-hydrogen) atoms. The predicted molar refractivity (Wildman–Crippen MR) is 66.5 cm³/mol. The van der Waals surface area contributed by atoms with Crippen molar-refractivity contribution in [2.24, 2.45) is 0 Å². The second-order valence-corrected chi connectivity index (χ2v) is 5.19. The van der Waals surface area contributed by atoms with Gasteiger partial charge in [-0.1, -0.05) is 6.07 Å². The number of pyridine rings is 1. The van der Waals surface area contributed by atoms with E-state index in [1.54, 1.807) is 0 Å². The Balaban J connectivity index is 1.66. The fraction of sp³-hybridized carbons (Fsp3) is 0.615. The second kappa shape index (κ2) is 5.21. The van der Waals surface area contributed by atoms with Crippen LogP contribution in [0.2, 0.25) is 0 Å². The molecule has 0 unspecified atom stereocenters. The van der Waals surface area contributed by atoms with Gasteiger partial charge in [0.15, 0.2) is 0 Å². The minimum atomic E-state index is -4.43. The fourth-order valence-electron chi connectivity index (χ4n) is 2.81. The highest BCUT2D eigenvalue weighted by Gasteiger charge is 2.36. The number of halogens is 3. The van der Waals surface area contributed by atoms with Crippen molar-refractivity contribution in [3.05, 3.63) is 23.9 Å². The summed E-state index contributed by atoms with van der Waals surface area (Å²) in [6.45, 7) is 3.58. The Morgan fingerprint density at radius 1 is 1.35 bits per heavy atom. The highest BCUT2D eigenvalue weighted by molar-refractivity contribution is 5.18. The quantitative estimate of drug-likeness (QED) is 0.895. The van der Waals surface area contributed by atoms with E-state index in [1.807, 2.05) is 0 Å². The number of ether oxygens (including phenoxy) is 1. The van der Waals surface area contributed by atoms with Gasteiger partial charge in [-0.2, -0.15) is 13.2 Å². The summed E-state index contributed by atoms with van der Waals surface area (Å²) in [5.41, 5.74) is -0.910. The van der Waals surface area contributed by atoms with Crippen molar-refractivity contribution in [1.29, 1.82) is 0 Å². The molecule has 4 nitrogen and oxygen atoms in total. The minimum absolute atomic E-state index is 0.0534. The minimum Gasteiger partial charge on any atom is -0.473 e. The molecular weight excluding hydrogens is 271 g/mol. The summed E-state index contributed by atoms with van der Waals surface area (Å²) in [5.74, 6) is 0.0534. The van der Waals surface area contributed by atoms with E-state index in [-0.39, 0.29) is 12.0 Å². The van der Waals surface area contributed by atoms with Crippen LogP contribution in [-0.4, -0.2) is 48.2 Å². The summed E-state index contributed by atoms with van der Waals surface area (Å²) in [5, 5.41) is 3.31. The number of nitrogens with zero attached hydrogens (tertiary/aromatic N) is 2. The second-order valence-electron chi connectivity index (χ2n) is 5.19. The Kier molecular flexibility index (Phi) is 3.55. The SMILES string of the molecule is FC(F)(F)c1cccc(O[C@@H]2C[C@H]3CNCCN3C2)n1. The third-order valence-corrected chi connectivity index (χ3v) is 3.75. The van der Waals surface area contributed by atoms with Gasteiger partial charge in [0, 0.05) is 44.7 Å². The fourth-order valence-corrected chi connectivity index (χ4v) is 2.81. The van der Waals surface area contributed by atoms with Gasteiger partial charge in [0.05, 0.1) is 0 Å². The van der Waals surface area contributed by atoms with E-state index in [0.717, 1.165) is 38.7 Å². The first-order valence-corrected chi connectivity index (χ1v) is 6.68. The Hall–Kier alpha value is -1.34. The van der Waals surface area contributed by atoms with Gasteiger partial charge in [0.2, 0.25) is 5.88 Å². The van der Waals surface area contributed by atoms with E-state index in [4.69, 9.17) is 4.74 Å². The van der Waals surface area contributed by atoms with Crippen LogP contribution in [0.1, 0.15) is 12.1 Å². The van der Waals surface area contributed by atoms with E-state index in [1.165, 1.54) is 12.1 Å². The van der Waals surface area contributed by atoms with Crippen LogP contribution < -0.4 is 10.1 Å². The first-order chi connectivity index (χ1) is 9.52. The summed E-state index contributed by atoms with van der Waals surface area (Å²) in [6, 6.07) is 4.17. The number of nitrogens with one attached hydrogen (secondary N) is 1. The molecule has 0 radical (unpaired) electrons. The zero-order valence-electron chi connectivity index (χ0n) is 10.9. The Morgan fingerprint density at radius 3 is 2.95 bits per heavy atom. The lowest BCUT2D eigenvalue weighted by Gasteiger charge is -2.29. The lowest BCUT2D eigenvalue weighted by molar-refractivity contribution is -0.141. The molecule has 1 aromatic rings. The molecule has 1 aromatic heterocycles. The average molecular weight is 287 g/mol. The molecule has 2 aliphatic heterocycles. The van der Waals surface area contributed by atoms with E-state index < -0.39 is 11.9 Å². The molecule has 0 amide bonds. The zero-order chi connectivity index (χ0) is 14.2. The molecule has 2 aliphatic rings. The van der Waals surface area contributed by atoms with Gasteiger partial charge in [0.25, 0.3) is 0 Å². The van der Waals surface area contributed by atoms with E-state index >= 15 is 0 Å². The van der Waals surface area contributed by atoms with Crippen LogP contribution in [0.4, 0.5) is 13.2 Å². The largest absolute Gasteiger partial charge is 0.473 e. The van der Waals surface area contributed by atoms with Crippen molar-refractivity contribution < 1.29 is 17.9 Å². The number of piperazine rings is 1. The van der Waals surface area contributed by atoms with E-state index in [2.05, 4.69) is 15.2 Å². The number of aromatic nitrogens is 1. The van der Waals surface area contributed by atoms with Crippen molar-refractivity contribution in [2.75, 3.05) is 26.2 Å². The standard InChI is InChI=1S/C13H16F3N3O/c14-13(15,16)11-2-1-3-12(18-11)20-10-6-9-7-17-4-5-19(9)8-10/h1-3,9-10,17H,4-8H2/t9-,10+/m0/s1. The lowest BCUT2D eigenvalue weighted by atomic mass is 10.2. The summed E-state index contributed by atoms with van der Waals surface area (Å²) in [7, 11) is 0. The van der Waals surface area contributed by atoms with Crippen LogP contribution in [0.3, 0.4) is 0 Å². The highest BCUT2D eigenvalue weighted by atomic mass is 19.4. The molecule has 2 fully saturated rings. The van der Waals surface area contributed by atoms with E-state index in [9.17, 15) is 13.2 Å². The normalized spacial score (nSPS) is 27.4. The van der Waals surface area contributed by atoms with Gasteiger partial charge in [-0.25, -0.2) is 4.98 Å². The van der Waals surface area contributed by atoms with Crippen LogP contribution in [0.5, 0.6) is 5.88 Å². The third-order valence-electron chi connectivity index (χ3n) is 3.75. The van der Waals surface area contributed by atoms with Gasteiger partial charge in [-0.3, -0.25) is 4.90 Å². The van der Waals surface area contributed by atoms with Crippen molar-refractivity contribution in [1.82, 2.24) is 15.2 Å². The van der Waals surface area contributed by atoms with Gasteiger partial charge >= 0.3 is 6.18 Å². The molecule has 0 aromatic carbocycles. The van der Waals surface area contributed by atoms with Crippen molar-refractivity contribution in [3.63, 3.8) is 0 Å². The summed E-state index contributed by atoms with van der Waals surface area (Å²) in [6.07, 6.45) is -3.70. The van der Waals surface area contributed by atoms with Crippen LogP contribution in [-0.2, 0) is 6.18 Å². The maximum Gasteiger partial charge on any atom is 0.433 e. The molecule has 0 bridgehead atoms. The molecule has 3 heterocycles. The smallest absolute Gasteiger partial charge is 0.433 e. The molecule has 3 rings (SSSR count). The summed E-state index contributed by atoms with van der Waals surface area (Å²) >= 11 is 0. The topological polar surface area (TPSA) is 37.4 Å². The predicted octanol–water partition coefficient (Wildman–Crippen LogP) is 1.53. The zero-order valence-corrected chi connectivity index (χ0v) is 10.9. The molecule has 0 saturated carbocycles. The Labute approximate surface area is 114 Å². The van der Waals surface area contributed by atoms with Crippen LogP contribution in [0, 0.1) is 0 Å². The first-order valence-electron chi connectivity index (χ1n) is 6.68. The van der Waals surface area contributed by atoms with Crippen LogP contribution >= 0.6 is 0 Å². The van der Waals surface area contributed by atoms with Gasteiger partial charge in [-0.05, 0) is 6.07 Å². The van der Waals surface area contributed by atoms with Crippen molar-refractivity contribution in [3.8, 4) is 5.88 Å². The van der Waals surface area contributed by atoms with Gasteiger partial charge < -0.3 is 10.1 Å². The number of hydrogen-bond acceptors (Lipinski definition) is 4. The first kappa shape index (κ1) is 13.6. The average Bonchev–Trinajstić information content (AvgIpc) is 2.80. The molecule has 0 spiro atoms.